The summed E-state index contributed by atoms with van der Waals surface area (Å²) in [5.41, 5.74) is 2.18. The van der Waals surface area contributed by atoms with E-state index in [0.717, 1.165) is 11.3 Å². The zero-order valence-electron chi connectivity index (χ0n) is 13.5. The molecule has 4 aromatic rings. The first kappa shape index (κ1) is 16.0. The standard InChI is InChI=1S/C19H12N6S/c20-12-15-7-4-10-17(22-15)26-19-24-23-18(14-6-5-11-21-13-14)25(19)16-8-2-1-3-9-16/h1-11,13H. The largest absolute Gasteiger partial charge is 0.270 e. The van der Waals surface area contributed by atoms with E-state index < -0.39 is 0 Å². The molecule has 7 heteroatoms. The third-order valence-corrected chi connectivity index (χ3v) is 4.48. The van der Waals surface area contributed by atoms with Crippen LogP contribution in [0.5, 0.6) is 0 Å². The molecule has 0 spiro atoms. The Morgan fingerprint density at radius 1 is 0.923 bits per heavy atom. The van der Waals surface area contributed by atoms with E-state index in [0.29, 0.717) is 21.7 Å². The van der Waals surface area contributed by atoms with Crippen LogP contribution in [0.3, 0.4) is 0 Å². The molecule has 0 aliphatic carbocycles. The van der Waals surface area contributed by atoms with Gasteiger partial charge in [-0.2, -0.15) is 5.26 Å². The van der Waals surface area contributed by atoms with Crippen LogP contribution in [0.15, 0.2) is 83.2 Å². The first-order chi connectivity index (χ1) is 12.8. The van der Waals surface area contributed by atoms with E-state index >= 15 is 0 Å². The molecule has 0 saturated carbocycles. The van der Waals surface area contributed by atoms with Crippen molar-refractivity contribution in [3.8, 4) is 23.1 Å². The third kappa shape index (κ3) is 3.18. The zero-order valence-corrected chi connectivity index (χ0v) is 14.3. The maximum absolute atomic E-state index is 9.05. The van der Waals surface area contributed by atoms with Crippen LogP contribution >= 0.6 is 11.8 Å². The van der Waals surface area contributed by atoms with Gasteiger partial charge in [0.2, 0.25) is 5.16 Å². The smallest absolute Gasteiger partial charge is 0.202 e. The molecule has 1 aromatic carbocycles. The van der Waals surface area contributed by atoms with Gasteiger partial charge in [-0.3, -0.25) is 9.55 Å². The Kier molecular flexibility index (Phi) is 4.41. The summed E-state index contributed by atoms with van der Waals surface area (Å²) in [5.74, 6) is 0.697. The summed E-state index contributed by atoms with van der Waals surface area (Å²) in [7, 11) is 0. The van der Waals surface area contributed by atoms with E-state index in [1.54, 1.807) is 24.5 Å². The summed E-state index contributed by atoms with van der Waals surface area (Å²) in [6, 6.07) is 21.1. The lowest BCUT2D eigenvalue weighted by atomic mass is 10.2. The number of para-hydroxylation sites is 1. The second-order valence-electron chi connectivity index (χ2n) is 5.29. The molecule has 0 fully saturated rings. The summed E-state index contributed by atoms with van der Waals surface area (Å²) in [6.07, 6.45) is 3.48. The van der Waals surface area contributed by atoms with Crippen LogP contribution in [0.4, 0.5) is 0 Å². The first-order valence-corrected chi connectivity index (χ1v) is 8.63. The van der Waals surface area contributed by atoms with Gasteiger partial charge in [0.05, 0.1) is 0 Å². The molecule has 0 bridgehead atoms. The van der Waals surface area contributed by atoms with Crippen molar-refractivity contribution in [3.63, 3.8) is 0 Å². The van der Waals surface area contributed by atoms with Crippen molar-refractivity contribution >= 4 is 11.8 Å². The average molecular weight is 356 g/mol. The normalized spacial score (nSPS) is 10.4. The van der Waals surface area contributed by atoms with Crippen molar-refractivity contribution in [3.05, 3.63) is 78.8 Å². The summed E-state index contributed by atoms with van der Waals surface area (Å²) in [6.45, 7) is 0. The topological polar surface area (TPSA) is 80.3 Å². The molecule has 3 heterocycles. The highest BCUT2D eigenvalue weighted by Gasteiger charge is 2.17. The number of hydrogen-bond donors (Lipinski definition) is 0. The van der Waals surface area contributed by atoms with Gasteiger partial charge in [-0.05, 0) is 48.2 Å². The Hall–Kier alpha value is -3.50. The van der Waals surface area contributed by atoms with Crippen molar-refractivity contribution < 1.29 is 0 Å². The SMILES string of the molecule is N#Cc1cccc(Sc2nnc(-c3cccnc3)n2-c2ccccc2)n1. The van der Waals surface area contributed by atoms with Gasteiger partial charge in [0.25, 0.3) is 0 Å². The van der Waals surface area contributed by atoms with E-state index in [1.165, 1.54) is 11.8 Å². The van der Waals surface area contributed by atoms with Crippen molar-refractivity contribution in [2.24, 2.45) is 0 Å². The van der Waals surface area contributed by atoms with Crippen molar-refractivity contribution in [2.45, 2.75) is 10.2 Å². The van der Waals surface area contributed by atoms with Crippen LogP contribution in [-0.2, 0) is 0 Å². The van der Waals surface area contributed by atoms with E-state index in [2.05, 4.69) is 26.2 Å². The van der Waals surface area contributed by atoms with E-state index in [1.807, 2.05) is 53.1 Å². The number of nitrogens with zero attached hydrogens (tertiary/aromatic N) is 6. The number of pyridine rings is 2. The summed E-state index contributed by atoms with van der Waals surface area (Å²) in [5, 5.41) is 19.1. The predicted octanol–water partition coefficient (Wildman–Crippen LogP) is 3.75. The Balaban J connectivity index is 1.82. The lowest BCUT2D eigenvalue weighted by Gasteiger charge is -2.09. The van der Waals surface area contributed by atoms with Gasteiger partial charge in [0.1, 0.15) is 16.8 Å². The molecule has 0 atom stereocenters. The van der Waals surface area contributed by atoms with Gasteiger partial charge in [0, 0.05) is 23.6 Å². The Morgan fingerprint density at radius 2 is 1.81 bits per heavy atom. The minimum Gasteiger partial charge on any atom is -0.270 e. The van der Waals surface area contributed by atoms with Crippen LogP contribution in [0.25, 0.3) is 17.1 Å². The van der Waals surface area contributed by atoms with Crippen LogP contribution in [-0.4, -0.2) is 24.7 Å². The minimum atomic E-state index is 0.369. The fourth-order valence-electron chi connectivity index (χ4n) is 2.46. The molecular weight excluding hydrogens is 344 g/mol. The maximum atomic E-state index is 9.05. The molecule has 124 valence electrons. The Morgan fingerprint density at radius 3 is 2.58 bits per heavy atom. The van der Waals surface area contributed by atoms with E-state index in [4.69, 9.17) is 5.26 Å². The molecular formula is C19H12N6S. The molecule has 0 N–H and O–H groups in total. The van der Waals surface area contributed by atoms with E-state index in [9.17, 15) is 0 Å². The highest BCUT2D eigenvalue weighted by Crippen LogP contribution is 2.31. The number of hydrogen-bond acceptors (Lipinski definition) is 6. The predicted molar refractivity (Wildman–Crippen MR) is 97.7 cm³/mol. The van der Waals surface area contributed by atoms with E-state index in [-0.39, 0.29) is 0 Å². The summed E-state index contributed by atoms with van der Waals surface area (Å²) < 4.78 is 1.96. The van der Waals surface area contributed by atoms with Crippen LogP contribution in [0, 0.1) is 11.3 Å². The molecule has 26 heavy (non-hydrogen) atoms. The quantitative estimate of drug-likeness (QED) is 0.554. The fraction of sp³-hybridized carbons (Fsp3) is 0. The van der Waals surface area contributed by atoms with Crippen molar-refractivity contribution in [1.29, 1.82) is 5.26 Å². The fourth-order valence-corrected chi connectivity index (χ4v) is 3.30. The lowest BCUT2D eigenvalue weighted by Crippen LogP contribution is -1.99. The molecule has 0 aliphatic rings. The third-order valence-electron chi connectivity index (χ3n) is 3.60. The molecule has 0 radical (unpaired) electrons. The van der Waals surface area contributed by atoms with Gasteiger partial charge in [0.15, 0.2) is 5.82 Å². The van der Waals surface area contributed by atoms with Gasteiger partial charge >= 0.3 is 0 Å². The lowest BCUT2D eigenvalue weighted by molar-refractivity contribution is 0.882. The minimum absolute atomic E-state index is 0.369. The second kappa shape index (κ2) is 7.17. The molecule has 4 rings (SSSR count). The highest BCUT2D eigenvalue weighted by molar-refractivity contribution is 7.99. The maximum Gasteiger partial charge on any atom is 0.202 e. The summed E-state index contributed by atoms with van der Waals surface area (Å²) >= 11 is 1.36. The van der Waals surface area contributed by atoms with Gasteiger partial charge in [-0.25, -0.2) is 4.98 Å². The zero-order chi connectivity index (χ0) is 17.8. The van der Waals surface area contributed by atoms with Gasteiger partial charge in [-0.15, -0.1) is 10.2 Å². The van der Waals surface area contributed by atoms with Gasteiger partial charge in [-0.1, -0.05) is 24.3 Å². The van der Waals surface area contributed by atoms with Gasteiger partial charge < -0.3 is 0 Å². The van der Waals surface area contributed by atoms with Crippen LogP contribution < -0.4 is 0 Å². The van der Waals surface area contributed by atoms with Crippen LogP contribution in [0.2, 0.25) is 0 Å². The highest BCUT2D eigenvalue weighted by atomic mass is 32.2. The number of nitriles is 1. The number of benzene rings is 1. The first-order valence-electron chi connectivity index (χ1n) is 7.81. The number of rotatable bonds is 4. The molecule has 0 unspecified atom stereocenters. The van der Waals surface area contributed by atoms with Crippen LogP contribution in [0.1, 0.15) is 5.69 Å². The molecule has 3 aromatic heterocycles. The molecule has 0 aliphatic heterocycles. The molecule has 0 saturated heterocycles. The Labute approximate surface area is 154 Å². The Bertz CT molecular complexity index is 1070. The number of aromatic nitrogens is 5. The summed E-state index contributed by atoms with van der Waals surface area (Å²) in [4.78, 5) is 8.49. The monoisotopic (exact) mass is 356 g/mol. The second-order valence-corrected chi connectivity index (χ2v) is 6.28. The average Bonchev–Trinajstić information content (AvgIpc) is 3.13. The molecule has 0 amide bonds. The van der Waals surface area contributed by atoms with Crippen molar-refractivity contribution in [1.82, 2.24) is 24.7 Å². The van der Waals surface area contributed by atoms with Crippen molar-refractivity contribution in [2.75, 3.05) is 0 Å². The molecule has 6 nitrogen and oxygen atoms in total.